The van der Waals surface area contributed by atoms with Crippen molar-refractivity contribution >= 4 is 11.6 Å². The van der Waals surface area contributed by atoms with Gasteiger partial charge in [-0.25, -0.2) is 4.98 Å². The number of alkyl halides is 3. The predicted molar refractivity (Wildman–Crippen MR) is 147 cm³/mol. The highest BCUT2D eigenvalue weighted by molar-refractivity contribution is 5.89. The van der Waals surface area contributed by atoms with Crippen molar-refractivity contribution in [3.05, 3.63) is 72.1 Å². The van der Waals surface area contributed by atoms with E-state index in [0.717, 1.165) is 42.8 Å². The van der Waals surface area contributed by atoms with Crippen LogP contribution in [-0.4, -0.2) is 66.7 Å². The summed E-state index contributed by atoms with van der Waals surface area (Å²) in [5.41, 5.74) is 1.56. The second kappa shape index (κ2) is 11.4. The first-order valence-corrected chi connectivity index (χ1v) is 13.7. The van der Waals surface area contributed by atoms with Crippen LogP contribution in [-0.2, 0) is 16.4 Å². The topological polar surface area (TPSA) is 70.6 Å². The van der Waals surface area contributed by atoms with Crippen LogP contribution in [0.1, 0.15) is 37.3 Å². The standard InChI is InChI=1S/C30H34F3N5O2/c1-3-40-27-25(5-4-15-34-27)26-11-8-22(19-35-26)29(28(39)36-23-12-16-37(2)20-23)13-17-38(18-14-29)24-9-6-21(7-10-24)30(31,32)33/h4-11,15,19,23H,3,12-14,16-18,20H2,1-2H3,(H,36,39). The summed E-state index contributed by atoms with van der Waals surface area (Å²) < 4.78 is 44.8. The number of aromatic nitrogens is 2. The monoisotopic (exact) mass is 553 g/mol. The van der Waals surface area contributed by atoms with Gasteiger partial charge in [0.2, 0.25) is 11.8 Å². The zero-order valence-corrected chi connectivity index (χ0v) is 22.7. The van der Waals surface area contributed by atoms with Gasteiger partial charge in [-0.2, -0.15) is 13.2 Å². The lowest BCUT2D eigenvalue weighted by atomic mass is 9.72. The number of likely N-dealkylation sites (tertiary alicyclic amines) is 1. The Morgan fingerprint density at radius 2 is 1.82 bits per heavy atom. The molecule has 0 bridgehead atoms. The fourth-order valence-corrected chi connectivity index (χ4v) is 5.70. The first-order valence-electron chi connectivity index (χ1n) is 13.7. The van der Waals surface area contributed by atoms with Gasteiger partial charge in [0.25, 0.3) is 0 Å². The van der Waals surface area contributed by atoms with Crippen LogP contribution in [0.15, 0.2) is 60.9 Å². The molecule has 2 aromatic heterocycles. The average molecular weight is 554 g/mol. The Balaban J connectivity index is 1.40. The van der Waals surface area contributed by atoms with E-state index in [2.05, 4.69) is 15.2 Å². The number of hydrogen-bond donors (Lipinski definition) is 1. The Kier molecular flexibility index (Phi) is 7.98. The number of nitrogens with zero attached hydrogens (tertiary/aromatic N) is 4. The van der Waals surface area contributed by atoms with Gasteiger partial charge >= 0.3 is 6.18 Å². The highest BCUT2D eigenvalue weighted by atomic mass is 19.4. The molecule has 1 amide bonds. The molecular weight excluding hydrogens is 519 g/mol. The van der Waals surface area contributed by atoms with E-state index >= 15 is 0 Å². The van der Waals surface area contributed by atoms with E-state index in [-0.39, 0.29) is 11.9 Å². The summed E-state index contributed by atoms with van der Waals surface area (Å²) in [5, 5.41) is 3.29. The lowest BCUT2D eigenvalue weighted by molar-refractivity contribution is -0.137. The Hall–Kier alpha value is -3.66. The zero-order valence-electron chi connectivity index (χ0n) is 22.7. The van der Waals surface area contributed by atoms with Crippen molar-refractivity contribution in [1.29, 1.82) is 0 Å². The summed E-state index contributed by atoms with van der Waals surface area (Å²) in [6, 6.07) is 12.9. The predicted octanol–water partition coefficient (Wildman–Crippen LogP) is 4.92. The molecule has 2 fully saturated rings. The smallest absolute Gasteiger partial charge is 0.416 e. The Morgan fingerprint density at radius 3 is 2.42 bits per heavy atom. The van der Waals surface area contributed by atoms with E-state index in [1.54, 1.807) is 12.4 Å². The van der Waals surface area contributed by atoms with Gasteiger partial charge in [-0.15, -0.1) is 0 Å². The number of amides is 1. The van der Waals surface area contributed by atoms with E-state index in [9.17, 15) is 18.0 Å². The Morgan fingerprint density at radius 1 is 1.07 bits per heavy atom. The maximum absolute atomic E-state index is 13.9. The fourth-order valence-electron chi connectivity index (χ4n) is 5.70. The molecule has 1 atom stereocenters. The molecule has 3 aromatic rings. The molecule has 0 aliphatic carbocycles. The van der Waals surface area contributed by atoms with Crippen LogP contribution in [0.3, 0.4) is 0 Å². The molecule has 7 nitrogen and oxygen atoms in total. The number of benzene rings is 1. The third kappa shape index (κ3) is 5.77. The van der Waals surface area contributed by atoms with Crippen LogP contribution < -0.4 is 15.0 Å². The summed E-state index contributed by atoms with van der Waals surface area (Å²) in [7, 11) is 2.04. The molecule has 1 unspecified atom stereocenters. The molecule has 0 radical (unpaired) electrons. The number of piperidine rings is 1. The molecule has 2 saturated heterocycles. The van der Waals surface area contributed by atoms with Crippen molar-refractivity contribution in [2.45, 2.75) is 43.8 Å². The van der Waals surface area contributed by atoms with Crippen LogP contribution >= 0.6 is 0 Å². The van der Waals surface area contributed by atoms with E-state index in [4.69, 9.17) is 9.72 Å². The second-order valence-corrected chi connectivity index (χ2v) is 10.6. The molecule has 0 spiro atoms. The molecule has 10 heteroatoms. The van der Waals surface area contributed by atoms with Crippen molar-refractivity contribution in [3.63, 3.8) is 0 Å². The Bertz CT molecular complexity index is 1310. The molecule has 4 heterocycles. The maximum Gasteiger partial charge on any atom is 0.416 e. The molecule has 40 heavy (non-hydrogen) atoms. The summed E-state index contributed by atoms with van der Waals surface area (Å²) >= 11 is 0. The molecule has 5 rings (SSSR count). The molecule has 2 aliphatic heterocycles. The van der Waals surface area contributed by atoms with Gasteiger partial charge in [0.15, 0.2) is 0 Å². The number of nitrogens with one attached hydrogen (secondary N) is 1. The average Bonchev–Trinajstić information content (AvgIpc) is 3.37. The summed E-state index contributed by atoms with van der Waals surface area (Å²) in [5.74, 6) is 0.485. The fraction of sp³-hybridized carbons (Fsp3) is 0.433. The maximum atomic E-state index is 13.9. The lowest BCUT2D eigenvalue weighted by Crippen LogP contribution is -2.54. The molecule has 212 valence electrons. The minimum atomic E-state index is -4.37. The van der Waals surface area contributed by atoms with Crippen LogP contribution in [0, 0.1) is 0 Å². The number of carbonyl (C=O) groups is 1. The molecular formula is C30H34F3N5O2. The summed E-state index contributed by atoms with van der Waals surface area (Å²) in [6.45, 7) is 5.18. The first kappa shape index (κ1) is 27.9. The molecule has 1 aromatic carbocycles. The minimum absolute atomic E-state index is 0.0224. The van der Waals surface area contributed by atoms with Crippen LogP contribution in [0.5, 0.6) is 5.88 Å². The van der Waals surface area contributed by atoms with Crippen LogP contribution in [0.25, 0.3) is 11.3 Å². The van der Waals surface area contributed by atoms with Gasteiger partial charge in [0, 0.05) is 43.8 Å². The molecule has 2 aliphatic rings. The van der Waals surface area contributed by atoms with Crippen LogP contribution in [0.2, 0.25) is 0 Å². The minimum Gasteiger partial charge on any atom is -0.477 e. The van der Waals surface area contributed by atoms with Gasteiger partial charge in [-0.1, -0.05) is 6.07 Å². The summed E-state index contributed by atoms with van der Waals surface area (Å²) in [4.78, 5) is 27.2. The van der Waals surface area contributed by atoms with Crippen LogP contribution in [0.4, 0.5) is 18.9 Å². The van der Waals surface area contributed by atoms with Gasteiger partial charge in [0.1, 0.15) is 0 Å². The van der Waals surface area contributed by atoms with Crippen molar-refractivity contribution in [2.24, 2.45) is 0 Å². The third-order valence-corrected chi connectivity index (χ3v) is 7.98. The zero-order chi connectivity index (χ0) is 28.3. The number of anilines is 1. The van der Waals surface area contributed by atoms with Crippen molar-refractivity contribution < 1.29 is 22.7 Å². The first-order chi connectivity index (χ1) is 19.2. The van der Waals surface area contributed by atoms with Gasteiger partial charge in [-0.05, 0) is 87.8 Å². The number of ether oxygens (including phenoxy) is 1. The van der Waals surface area contributed by atoms with Gasteiger partial charge < -0.3 is 19.9 Å². The second-order valence-electron chi connectivity index (χ2n) is 10.6. The highest BCUT2D eigenvalue weighted by Gasteiger charge is 2.44. The molecule has 1 N–H and O–H groups in total. The number of hydrogen-bond acceptors (Lipinski definition) is 6. The number of carbonyl (C=O) groups excluding carboxylic acids is 1. The summed E-state index contributed by atoms with van der Waals surface area (Å²) in [6.07, 6.45) is 0.995. The van der Waals surface area contributed by atoms with E-state index in [0.29, 0.717) is 49.8 Å². The largest absolute Gasteiger partial charge is 0.477 e. The third-order valence-electron chi connectivity index (χ3n) is 7.98. The molecule has 0 saturated carbocycles. The van der Waals surface area contributed by atoms with Gasteiger partial charge in [0.05, 0.1) is 28.8 Å². The number of rotatable bonds is 7. The number of pyridine rings is 2. The normalized spacial score (nSPS) is 19.4. The van der Waals surface area contributed by atoms with E-state index in [1.165, 1.54) is 12.1 Å². The lowest BCUT2D eigenvalue weighted by Gasteiger charge is -2.42. The van der Waals surface area contributed by atoms with Gasteiger partial charge in [-0.3, -0.25) is 9.78 Å². The quantitative estimate of drug-likeness (QED) is 0.448. The van der Waals surface area contributed by atoms with Crippen molar-refractivity contribution in [3.8, 4) is 17.1 Å². The Labute approximate surface area is 232 Å². The van der Waals surface area contributed by atoms with Crippen molar-refractivity contribution in [2.75, 3.05) is 44.7 Å². The number of likely N-dealkylation sites (N-methyl/N-ethyl adjacent to an activating group) is 1. The van der Waals surface area contributed by atoms with E-state index < -0.39 is 17.2 Å². The SMILES string of the molecule is CCOc1ncccc1-c1ccc(C2(C(=O)NC3CCN(C)C3)CCN(c3ccc(C(F)(F)F)cc3)CC2)cn1. The highest BCUT2D eigenvalue weighted by Crippen LogP contribution is 2.39. The van der Waals surface area contributed by atoms with E-state index in [1.807, 2.05) is 43.1 Å². The number of halogens is 3. The van der Waals surface area contributed by atoms with Crippen molar-refractivity contribution in [1.82, 2.24) is 20.2 Å².